The molecule has 0 saturated carbocycles. The molecule has 24 heavy (non-hydrogen) atoms. The van der Waals surface area contributed by atoms with Crippen molar-refractivity contribution in [1.29, 1.82) is 0 Å². The molecule has 2 heterocycles. The molecule has 1 saturated heterocycles. The summed E-state index contributed by atoms with van der Waals surface area (Å²) in [7, 11) is 0. The van der Waals surface area contributed by atoms with E-state index in [0.29, 0.717) is 24.1 Å². The van der Waals surface area contributed by atoms with Crippen LogP contribution < -0.4 is 0 Å². The topological polar surface area (TPSA) is 29.5 Å². The predicted molar refractivity (Wildman–Crippen MR) is 83.8 cm³/mol. The van der Waals surface area contributed by atoms with Crippen molar-refractivity contribution in [2.75, 3.05) is 0 Å². The lowest BCUT2D eigenvalue weighted by molar-refractivity contribution is 0.0175. The molecule has 1 aromatic carbocycles. The molecule has 0 aromatic heterocycles. The summed E-state index contributed by atoms with van der Waals surface area (Å²) in [6, 6.07) is 0.953. The Hall–Kier alpha value is -1.98. The zero-order chi connectivity index (χ0) is 17.6. The van der Waals surface area contributed by atoms with E-state index in [9.17, 15) is 18.0 Å². The summed E-state index contributed by atoms with van der Waals surface area (Å²) in [6.07, 6.45) is 3.08. The number of hydrogen-bond donors (Lipinski definition) is 0. The normalized spacial score (nSPS) is 23.2. The number of ether oxygens (including phenoxy) is 1. The summed E-state index contributed by atoms with van der Waals surface area (Å²) in [4.78, 5) is 14.0. The fraction of sp³-hybridized carbons (Fsp3) is 0.500. The van der Waals surface area contributed by atoms with Crippen molar-refractivity contribution < 1.29 is 22.7 Å². The minimum absolute atomic E-state index is 0.159. The van der Waals surface area contributed by atoms with Crippen molar-refractivity contribution in [3.8, 4) is 0 Å². The lowest BCUT2D eigenvalue weighted by Crippen LogP contribution is -2.45. The van der Waals surface area contributed by atoms with Crippen molar-refractivity contribution in [3.63, 3.8) is 0 Å². The summed E-state index contributed by atoms with van der Waals surface area (Å²) >= 11 is 0. The van der Waals surface area contributed by atoms with Crippen LogP contribution in [0.5, 0.6) is 0 Å². The average molecular weight is 339 g/mol. The largest absolute Gasteiger partial charge is 0.444 e. The molecule has 0 aliphatic carbocycles. The van der Waals surface area contributed by atoms with Gasteiger partial charge in [0, 0.05) is 23.7 Å². The van der Waals surface area contributed by atoms with Crippen LogP contribution in [0.3, 0.4) is 0 Å². The van der Waals surface area contributed by atoms with E-state index in [0.717, 1.165) is 12.8 Å². The van der Waals surface area contributed by atoms with Gasteiger partial charge < -0.3 is 4.74 Å². The molecule has 2 bridgehead atoms. The van der Waals surface area contributed by atoms with E-state index in [1.54, 1.807) is 31.7 Å². The van der Waals surface area contributed by atoms with Crippen molar-refractivity contribution >= 4 is 11.7 Å². The number of nitrogens with zero attached hydrogens (tertiary/aromatic N) is 1. The number of halogens is 3. The summed E-state index contributed by atoms with van der Waals surface area (Å²) in [5, 5.41) is 0. The zero-order valence-corrected chi connectivity index (χ0v) is 13.9. The van der Waals surface area contributed by atoms with Gasteiger partial charge in [-0.05, 0) is 45.6 Å². The van der Waals surface area contributed by atoms with E-state index in [4.69, 9.17) is 4.74 Å². The second-order valence-corrected chi connectivity index (χ2v) is 7.33. The van der Waals surface area contributed by atoms with Gasteiger partial charge in [0.1, 0.15) is 23.1 Å². The third kappa shape index (κ3) is 3.14. The number of carbonyl (C=O) groups excluding carboxylic acids is 1. The van der Waals surface area contributed by atoms with Gasteiger partial charge in [-0.3, -0.25) is 4.90 Å². The van der Waals surface area contributed by atoms with E-state index in [1.165, 1.54) is 0 Å². The molecule has 2 unspecified atom stereocenters. The second kappa shape index (κ2) is 5.83. The number of carbonyl (C=O) groups is 1. The second-order valence-electron chi connectivity index (χ2n) is 7.33. The van der Waals surface area contributed by atoms with Crippen LogP contribution in [0.25, 0.3) is 5.57 Å². The third-order valence-corrected chi connectivity index (χ3v) is 4.33. The molecule has 1 amide bonds. The van der Waals surface area contributed by atoms with E-state index in [1.807, 2.05) is 0 Å². The molecule has 1 aromatic rings. The van der Waals surface area contributed by atoms with Crippen molar-refractivity contribution in [2.24, 2.45) is 0 Å². The highest BCUT2D eigenvalue weighted by Crippen LogP contribution is 2.40. The number of rotatable bonds is 1. The molecule has 130 valence electrons. The van der Waals surface area contributed by atoms with Gasteiger partial charge in [-0.2, -0.15) is 0 Å². The Labute approximate surface area is 139 Å². The van der Waals surface area contributed by atoms with Crippen LogP contribution in [0.15, 0.2) is 18.2 Å². The molecule has 2 aliphatic rings. The van der Waals surface area contributed by atoms with Gasteiger partial charge in [0.2, 0.25) is 0 Å². The van der Waals surface area contributed by atoms with Gasteiger partial charge >= 0.3 is 6.09 Å². The smallest absolute Gasteiger partial charge is 0.411 e. The van der Waals surface area contributed by atoms with Gasteiger partial charge in [-0.1, -0.05) is 6.08 Å². The third-order valence-electron chi connectivity index (χ3n) is 4.33. The molecule has 0 radical (unpaired) electrons. The van der Waals surface area contributed by atoms with Gasteiger partial charge in [-0.15, -0.1) is 0 Å². The lowest BCUT2D eigenvalue weighted by Gasteiger charge is -2.35. The van der Waals surface area contributed by atoms with Crippen LogP contribution in [-0.2, 0) is 4.74 Å². The summed E-state index contributed by atoms with van der Waals surface area (Å²) in [6.45, 7) is 5.38. The molecular formula is C18H20F3NO2. The fourth-order valence-electron chi connectivity index (χ4n) is 3.46. The SMILES string of the molecule is CC(C)(C)OC(=O)N1C2C=C(c3c(F)cc(F)cc3F)CC1CC2. The van der Waals surface area contributed by atoms with E-state index >= 15 is 0 Å². The maximum atomic E-state index is 14.0. The Morgan fingerprint density at radius 2 is 1.79 bits per heavy atom. The van der Waals surface area contributed by atoms with Crippen LogP contribution in [0, 0.1) is 17.5 Å². The first kappa shape index (κ1) is 16.9. The molecule has 0 spiro atoms. The Balaban J connectivity index is 1.89. The summed E-state index contributed by atoms with van der Waals surface area (Å²) in [5.74, 6) is -2.77. The van der Waals surface area contributed by atoms with Crippen molar-refractivity contribution in [2.45, 2.75) is 57.7 Å². The van der Waals surface area contributed by atoms with E-state index in [2.05, 4.69) is 0 Å². The number of amides is 1. The molecule has 3 nitrogen and oxygen atoms in total. The monoisotopic (exact) mass is 339 g/mol. The molecule has 3 rings (SSSR count). The highest BCUT2D eigenvalue weighted by atomic mass is 19.1. The van der Waals surface area contributed by atoms with Crippen LogP contribution >= 0.6 is 0 Å². The minimum Gasteiger partial charge on any atom is -0.444 e. The first-order chi connectivity index (χ1) is 11.2. The van der Waals surface area contributed by atoms with Crippen LogP contribution in [-0.4, -0.2) is 28.7 Å². The summed E-state index contributed by atoms with van der Waals surface area (Å²) in [5.41, 5.74) is -0.315. The maximum Gasteiger partial charge on any atom is 0.411 e. The molecule has 0 N–H and O–H groups in total. The average Bonchev–Trinajstić information content (AvgIpc) is 2.67. The first-order valence-corrected chi connectivity index (χ1v) is 8.02. The van der Waals surface area contributed by atoms with Crippen LogP contribution in [0.4, 0.5) is 18.0 Å². The van der Waals surface area contributed by atoms with Gasteiger partial charge in [0.15, 0.2) is 0 Å². The molecule has 6 heteroatoms. The Kier molecular flexibility index (Phi) is 4.10. The Bertz CT molecular complexity index is 686. The number of fused-ring (bicyclic) bond motifs is 2. The maximum absolute atomic E-state index is 14.0. The lowest BCUT2D eigenvalue weighted by atomic mass is 9.94. The standard InChI is InChI=1S/C18H20F3NO2/c1-18(2,3)24-17(23)22-12-4-5-13(22)7-10(6-12)16-14(20)8-11(19)9-15(16)21/h6,8-9,12-13H,4-5,7H2,1-3H3. The van der Waals surface area contributed by atoms with Gasteiger partial charge in [0.05, 0.1) is 6.04 Å². The number of hydrogen-bond acceptors (Lipinski definition) is 2. The van der Waals surface area contributed by atoms with Crippen LogP contribution in [0.2, 0.25) is 0 Å². The predicted octanol–water partition coefficient (Wildman–Crippen LogP) is 4.66. The molecule has 2 aliphatic heterocycles. The van der Waals surface area contributed by atoms with Gasteiger partial charge in [0.25, 0.3) is 0 Å². The van der Waals surface area contributed by atoms with E-state index in [-0.39, 0.29) is 17.6 Å². The Morgan fingerprint density at radius 3 is 2.33 bits per heavy atom. The highest BCUT2D eigenvalue weighted by Gasteiger charge is 2.42. The molecule has 1 fully saturated rings. The molecular weight excluding hydrogens is 319 g/mol. The van der Waals surface area contributed by atoms with E-state index < -0.39 is 29.1 Å². The van der Waals surface area contributed by atoms with Crippen molar-refractivity contribution in [1.82, 2.24) is 4.90 Å². The quantitative estimate of drug-likeness (QED) is 0.745. The zero-order valence-electron chi connectivity index (χ0n) is 13.9. The fourth-order valence-corrected chi connectivity index (χ4v) is 3.46. The highest BCUT2D eigenvalue weighted by molar-refractivity contribution is 5.75. The van der Waals surface area contributed by atoms with Crippen molar-refractivity contribution in [3.05, 3.63) is 41.2 Å². The van der Waals surface area contributed by atoms with Gasteiger partial charge in [-0.25, -0.2) is 18.0 Å². The number of benzene rings is 1. The van der Waals surface area contributed by atoms with Crippen LogP contribution in [0.1, 0.15) is 45.6 Å². The molecule has 2 atom stereocenters. The minimum atomic E-state index is -0.941. The summed E-state index contributed by atoms with van der Waals surface area (Å²) < 4.78 is 46.6. The Morgan fingerprint density at radius 1 is 1.17 bits per heavy atom. The first-order valence-electron chi connectivity index (χ1n) is 8.02.